The number of amides is 6. The molecule has 0 spiro atoms. The highest BCUT2D eigenvalue weighted by molar-refractivity contribution is 7.98. The number of hydrogen-bond acceptors (Lipinski definition) is 10. The fraction of sp³-hybridized carbons (Fsp3) is 0.538. The number of primary amides is 1. The van der Waals surface area contributed by atoms with Crippen LogP contribution in [0.4, 0.5) is 0 Å². The average molecular weight is 800 g/mol. The smallest absolute Gasteiger partial charge is 0.245 e. The van der Waals surface area contributed by atoms with Crippen molar-refractivity contribution in [2.45, 2.75) is 95.0 Å². The second kappa shape index (κ2) is 22.9. The van der Waals surface area contributed by atoms with Crippen molar-refractivity contribution in [1.29, 1.82) is 0 Å². The summed E-state index contributed by atoms with van der Waals surface area (Å²) in [6.45, 7) is 4.08. The molecule has 3 rings (SSSR count). The third-order valence-corrected chi connectivity index (χ3v) is 10.6. The van der Waals surface area contributed by atoms with Crippen molar-refractivity contribution in [2.24, 2.45) is 17.4 Å². The Labute approximate surface area is 332 Å². The molecule has 1 saturated heterocycles. The van der Waals surface area contributed by atoms with Crippen LogP contribution in [-0.2, 0) is 41.6 Å². The van der Waals surface area contributed by atoms with Gasteiger partial charge in [0.15, 0.2) is 0 Å². The Morgan fingerprint density at radius 2 is 1.31 bits per heavy atom. The second-order valence-corrected chi connectivity index (χ2v) is 16.2. The molecule has 302 valence electrons. The van der Waals surface area contributed by atoms with Gasteiger partial charge in [-0.05, 0) is 85.3 Å². The van der Waals surface area contributed by atoms with Crippen LogP contribution in [0.5, 0.6) is 5.75 Å². The van der Waals surface area contributed by atoms with Crippen molar-refractivity contribution in [1.82, 2.24) is 26.2 Å². The molecule has 1 aliphatic heterocycles. The summed E-state index contributed by atoms with van der Waals surface area (Å²) < 4.78 is 0. The Morgan fingerprint density at radius 3 is 1.87 bits per heavy atom. The minimum absolute atomic E-state index is 0.00101. The monoisotopic (exact) mass is 799 g/mol. The largest absolute Gasteiger partial charge is 0.508 e. The van der Waals surface area contributed by atoms with E-state index >= 15 is 0 Å². The molecule has 14 nitrogen and oxygen atoms in total. The van der Waals surface area contributed by atoms with Crippen molar-refractivity contribution in [2.75, 3.05) is 30.6 Å². The van der Waals surface area contributed by atoms with Gasteiger partial charge >= 0.3 is 0 Å². The first-order valence-electron chi connectivity index (χ1n) is 18.6. The predicted molar refractivity (Wildman–Crippen MR) is 217 cm³/mol. The highest BCUT2D eigenvalue weighted by atomic mass is 32.2. The summed E-state index contributed by atoms with van der Waals surface area (Å²) in [6, 6.07) is 9.40. The zero-order valence-corrected chi connectivity index (χ0v) is 33.8. The third-order valence-electron chi connectivity index (χ3n) is 9.33. The van der Waals surface area contributed by atoms with Crippen LogP contribution in [-0.4, -0.2) is 112 Å². The Balaban J connectivity index is 1.88. The molecule has 2 aromatic carbocycles. The topological polar surface area (TPSA) is 226 Å². The molecule has 9 N–H and O–H groups in total. The van der Waals surface area contributed by atoms with Gasteiger partial charge in [0.05, 0.1) is 6.04 Å². The van der Waals surface area contributed by atoms with Crippen molar-refractivity contribution in [3.63, 3.8) is 0 Å². The van der Waals surface area contributed by atoms with Crippen LogP contribution in [0.3, 0.4) is 0 Å². The maximum absolute atomic E-state index is 14.2. The van der Waals surface area contributed by atoms with E-state index in [0.717, 1.165) is 5.56 Å². The second-order valence-electron chi connectivity index (χ2n) is 14.2. The molecule has 6 atom stereocenters. The SMILES string of the molecule is CSCC[C@H](NC(=O)[C@@H]1CCCN1C(=O)[C@H](CC(C)C)NC(=O)[C@H](Cc1ccc(O)cc1)NC(=O)[C@H](Cc1ccccc1)NC(=O)[C@@H](N)CCSC)C(N)=O. The Bertz CT molecular complexity index is 1580. The summed E-state index contributed by atoms with van der Waals surface area (Å²) in [7, 11) is 0. The number of thioether (sulfide) groups is 2. The van der Waals surface area contributed by atoms with Gasteiger partial charge in [-0.1, -0.05) is 56.3 Å². The maximum Gasteiger partial charge on any atom is 0.245 e. The van der Waals surface area contributed by atoms with E-state index in [0.29, 0.717) is 42.8 Å². The van der Waals surface area contributed by atoms with Gasteiger partial charge in [-0.2, -0.15) is 23.5 Å². The molecular weight excluding hydrogens is 743 g/mol. The lowest BCUT2D eigenvalue weighted by Crippen LogP contribution is -2.60. The van der Waals surface area contributed by atoms with E-state index in [1.54, 1.807) is 23.9 Å². The molecule has 0 aliphatic carbocycles. The van der Waals surface area contributed by atoms with E-state index < -0.39 is 71.7 Å². The standard InChI is InChI=1S/C39H57N7O7S2/c1-24(2)21-32(39(53)46-18-8-11-33(46)38(52)42-29(34(41)48)17-20-55-4)45-37(51)31(23-26-12-14-27(47)15-13-26)44-36(50)30(22-25-9-6-5-7-10-25)43-35(49)28(40)16-19-54-3/h5-7,9-10,12-15,24,28-33,47H,8,11,16-23,40H2,1-4H3,(H2,41,48)(H,42,52)(H,43,49)(H,44,50)(H,45,51)/t28-,29-,30-,31-,32-,33-/m0/s1. The first kappa shape index (κ1) is 45.1. The lowest BCUT2D eigenvalue weighted by atomic mass is 9.99. The number of rotatable bonds is 22. The van der Waals surface area contributed by atoms with Crippen molar-refractivity contribution in [3.05, 3.63) is 65.7 Å². The molecule has 0 aromatic heterocycles. The molecule has 1 aliphatic rings. The van der Waals surface area contributed by atoms with Crippen LogP contribution < -0.4 is 32.7 Å². The number of phenols is 1. The number of phenolic OH excluding ortho intramolecular Hbond substituents is 1. The minimum Gasteiger partial charge on any atom is -0.508 e. The van der Waals surface area contributed by atoms with Crippen molar-refractivity contribution >= 4 is 59.0 Å². The molecule has 0 bridgehead atoms. The summed E-state index contributed by atoms with van der Waals surface area (Å²) in [5.41, 5.74) is 13.1. The number of hydrogen-bond donors (Lipinski definition) is 7. The molecule has 1 heterocycles. The van der Waals surface area contributed by atoms with Crippen LogP contribution in [0.1, 0.15) is 57.1 Å². The average Bonchev–Trinajstić information content (AvgIpc) is 3.65. The molecule has 0 unspecified atom stereocenters. The zero-order valence-electron chi connectivity index (χ0n) is 32.1. The fourth-order valence-corrected chi connectivity index (χ4v) is 7.28. The van der Waals surface area contributed by atoms with Gasteiger partial charge in [-0.15, -0.1) is 0 Å². The summed E-state index contributed by atoms with van der Waals surface area (Å²) in [6.07, 6.45) is 5.85. The minimum atomic E-state index is -1.20. The Kier molecular flexibility index (Phi) is 18.8. The third kappa shape index (κ3) is 14.7. The first-order chi connectivity index (χ1) is 26.2. The van der Waals surface area contributed by atoms with Crippen LogP contribution in [0.15, 0.2) is 54.6 Å². The summed E-state index contributed by atoms with van der Waals surface area (Å²) in [4.78, 5) is 82.6. The van der Waals surface area contributed by atoms with E-state index in [2.05, 4.69) is 21.3 Å². The van der Waals surface area contributed by atoms with E-state index in [9.17, 15) is 33.9 Å². The molecule has 55 heavy (non-hydrogen) atoms. The number of carbonyl (C=O) groups is 6. The number of nitrogens with one attached hydrogen (secondary N) is 4. The normalized spacial score (nSPS) is 16.7. The lowest BCUT2D eigenvalue weighted by Gasteiger charge is -2.31. The summed E-state index contributed by atoms with van der Waals surface area (Å²) in [5, 5.41) is 21.1. The van der Waals surface area contributed by atoms with Gasteiger partial charge in [0, 0.05) is 19.4 Å². The highest BCUT2D eigenvalue weighted by Crippen LogP contribution is 2.21. The van der Waals surface area contributed by atoms with Gasteiger partial charge in [0.2, 0.25) is 35.4 Å². The summed E-state index contributed by atoms with van der Waals surface area (Å²) in [5.74, 6) is -2.12. The van der Waals surface area contributed by atoms with Gasteiger partial charge in [-0.3, -0.25) is 28.8 Å². The van der Waals surface area contributed by atoms with E-state index in [1.165, 1.54) is 28.8 Å². The van der Waals surface area contributed by atoms with Gasteiger partial charge in [0.1, 0.15) is 36.0 Å². The fourth-order valence-electron chi connectivity index (χ4n) is 6.32. The number of likely N-dealkylation sites (tertiary alicyclic amines) is 1. The number of nitrogens with two attached hydrogens (primary N) is 2. The molecule has 0 radical (unpaired) electrons. The lowest BCUT2D eigenvalue weighted by molar-refractivity contribution is -0.142. The van der Waals surface area contributed by atoms with Crippen molar-refractivity contribution < 1.29 is 33.9 Å². The van der Waals surface area contributed by atoms with Crippen LogP contribution in [0, 0.1) is 5.92 Å². The van der Waals surface area contributed by atoms with Crippen LogP contribution in [0.25, 0.3) is 0 Å². The number of carbonyl (C=O) groups excluding carboxylic acids is 6. The Hall–Kier alpha value is -4.28. The zero-order chi connectivity index (χ0) is 40.5. The van der Waals surface area contributed by atoms with Gasteiger partial charge < -0.3 is 42.7 Å². The molecule has 0 saturated carbocycles. The molecule has 1 fully saturated rings. The maximum atomic E-state index is 14.2. The van der Waals surface area contributed by atoms with Gasteiger partial charge in [0.25, 0.3) is 0 Å². The molecule has 6 amide bonds. The van der Waals surface area contributed by atoms with E-state index in [4.69, 9.17) is 11.5 Å². The summed E-state index contributed by atoms with van der Waals surface area (Å²) >= 11 is 3.07. The molecular formula is C39H57N7O7S2. The van der Waals surface area contributed by atoms with Gasteiger partial charge in [-0.25, -0.2) is 0 Å². The molecule has 16 heteroatoms. The first-order valence-corrected chi connectivity index (χ1v) is 21.4. The van der Waals surface area contributed by atoms with Crippen LogP contribution >= 0.6 is 23.5 Å². The number of nitrogens with zero attached hydrogens (tertiary/aromatic N) is 1. The van der Waals surface area contributed by atoms with Crippen molar-refractivity contribution in [3.8, 4) is 5.75 Å². The predicted octanol–water partition coefficient (Wildman–Crippen LogP) is 1.47. The molecule has 2 aromatic rings. The highest BCUT2D eigenvalue weighted by Gasteiger charge is 2.40. The Morgan fingerprint density at radius 1 is 0.764 bits per heavy atom. The van der Waals surface area contributed by atoms with E-state index in [1.807, 2.05) is 56.7 Å². The van der Waals surface area contributed by atoms with Crippen LogP contribution in [0.2, 0.25) is 0 Å². The quantitative estimate of drug-likeness (QED) is 0.0908. The van der Waals surface area contributed by atoms with E-state index in [-0.39, 0.29) is 37.5 Å². The number of aromatic hydroxyl groups is 1. The number of benzene rings is 2.